The molecule has 1 heterocycles. The van der Waals surface area contributed by atoms with Gasteiger partial charge in [-0.25, -0.2) is 0 Å². The Morgan fingerprint density at radius 1 is 1.20 bits per heavy atom. The Labute approximate surface area is 95.4 Å². The molecule has 0 aromatic carbocycles. The van der Waals surface area contributed by atoms with E-state index >= 15 is 0 Å². The van der Waals surface area contributed by atoms with Crippen molar-refractivity contribution < 1.29 is 0 Å². The molecule has 1 saturated heterocycles. The molecule has 0 aromatic rings. The number of nitrogens with zero attached hydrogens (tertiary/aromatic N) is 1. The molecule has 1 aliphatic heterocycles. The molecule has 3 unspecified atom stereocenters. The summed E-state index contributed by atoms with van der Waals surface area (Å²) in [6, 6.07) is 0.706. The first-order valence-electron chi connectivity index (χ1n) is 6.63. The lowest BCUT2D eigenvalue weighted by atomic mass is 10.0. The lowest BCUT2D eigenvalue weighted by Crippen LogP contribution is -2.40. The van der Waals surface area contributed by atoms with Crippen LogP contribution in [0.5, 0.6) is 0 Å². The molecule has 0 saturated carbocycles. The molecule has 0 bridgehead atoms. The number of hydrogen-bond donors (Lipinski definition) is 1. The number of likely N-dealkylation sites (N-methyl/N-ethyl adjacent to an activating group) is 1. The van der Waals surface area contributed by atoms with Crippen LogP contribution in [0.25, 0.3) is 0 Å². The van der Waals surface area contributed by atoms with Crippen LogP contribution >= 0.6 is 0 Å². The average molecular weight is 212 g/mol. The van der Waals surface area contributed by atoms with E-state index < -0.39 is 0 Å². The molecule has 0 spiro atoms. The van der Waals surface area contributed by atoms with Gasteiger partial charge in [0.15, 0.2) is 0 Å². The van der Waals surface area contributed by atoms with Crippen LogP contribution in [0.3, 0.4) is 0 Å². The second-order valence-corrected chi connectivity index (χ2v) is 5.22. The Morgan fingerprint density at radius 2 is 1.80 bits per heavy atom. The van der Waals surface area contributed by atoms with Crippen molar-refractivity contribution in [2.75, 3.05) is 26.2 Å². The van der Waals surface area contributed by atoms with Gasteiger partial charge in [0, 0.05) is 25.7 Å². The molecule has 1 N–H and O–H groups in total. The van der Waals surface area contributed by atoms with Crippen molar-refractivity contribution in [3.8, 4) is 0 Å². The highest BCUT2D eigenvalue weighted by Crippen LogP contribution is 2.22. The number of hydrogen-bond acceptors (Lipinski definition) is 2. The van der Waals surface area contributed by atoms with Gasteiger partial charge in [-0.15, -0.1) is 0 Å². The van der Waals surface area contributed by atoms with E-state index in [0.717, 1.165) is 18.4 Å². The molecular formula is C13H28N2. The summed E-state index contributed by atoms with van der Waals surface area (Å²) in [6.45, 7) is 14.2. The first kappa shape index (κ1) is 13.0. The Hall–Kier alpha value is -0.0800. The molecule has 1 rings (SSSR count). The van der Waals surface area contributed by atoms with Crippen LogP contribution in [0, 0.1) is 11.8 Å². The van der Waals surface area contributed by atoms with Crippen LogP contribution in [0.15, 0.2) is 0 Å². The van der Waals surface area contributed by atoms with Gasteiger partial charge in [-0.2, -0.15) is 0 Å². The van der Waals surface area contributed by atoms with E-state index in [2.05, 4.69) is 37.9 Å². The quantitative estimate of drug-likeness (QED) is 0.727. The van der Waals surface area contributed by atoms with Gasteiger partial charge in [0.1, 0.15) is 0 Å². The first-order chi connectivity index (χ1) is 7.17. The standard InChI is InChI=1S/C13H28N2/c1-5-7-13(14-6-2)10-15-8-11(3)12(4)9-15/h11-14H,5-10H2,1-4H3. The van der Waals surface area contributed by atoms with E-state index in [1.54, 1.807) is 0 Å². The minimum Gasteiger partial charge on any atom is -0.313 e. The third-order valence-corrected chi connectivity index (χ3v) is 3.67. The highest BCUT2D eigenvalue weighted by Gasteiger charge is 2.27. The summed E-state index contributed by atoms with van der Waals surface area (Å²) >= 11 is 0. The van der Waals surface area contributed by atoms with E-state index in [1.807, 2.05) is 0 Å². The molecule has 0 aromatic heterocycles. The fraction of sp³-hybridized carbons (Fsp3) is 1.00. The molecule has 2 heteroatoms. The number of likely N-dealkylation sites (tertiary alicyclic amines) is 1. The third kappa shape index (κ3) is 4.12. The summed E-state index contributed by atoms with van der Waals surface area (Å²) in [5.41, 5.74) is 0. The predicted octanol–water partition coefficient (Wildman–Crippen LogP) is 2.35. The molecule has 1 fully saturated rings. The summed E-state index contributed by atoms with van der Waals surface area (Å²) in [6.07, 6.45) is 2.60. The molecular weight excluding hydrogens is 184 g/mol. The zero-order chi connectivity index (χ0) is 11.3. The fourth-order valence-electron chi connectivity index (χ4n) is 2.60. The number of rotatable bonds is 6. The molecule has 3 atom stereocenters. The van der Waals surface area contributed by atoms with Crippen molar-refractivity contribution in [3.63, 3.8) is 0 Å². The van der Waals surface area contributed by atoms with E-state index in [-0.39, 0.29) is 0 Å². The van der Waals surface area contributed by atoms with E-state index in [9.17, 15) is 0 Å². The van der Waals surface area contributed by atoms with Gasteiger partial charge >= 0.3 is 0 Å². The van der Waals surface area contributed by atoms with Crippen molar-refractivity contribution >= 4 is 0 Å². The molecule has 90 valence electrons. The highest BCUT2D eigenvalue weighted by atomic mass is 15.2. The maximum atomic E-state index is 3.60. The van der Waals surface area contributed by atoms with Gasteiger partial charge in [0.2, 0.25) is 0 Å². The van der Waals surface area contributed by atoms with Crippen molar-refractivity contribution in [2.24, 2.45) is 11.8 Å². The summed E-state index contributed by atoms with van der Waals surface area (Å²) in [5, 5.41) is 3.60. The van der Waals surface area contributed by atoms with Crippen molar-refractivity contribution in [1.29, 1.82) is 0 Å². The molecule has 0 amide bonds. The topological polar surface area (TPSA) is 15.3 Å². The Balaban J connectivity index is 2.31. The minimum absolute atomic E-state index is 0.706. The Morgan fingerprint density at radius 3 is 2.27 bits per heavy atom. The van der Waals surface area contributed by atoms with Crippen LogP contribution in [0.1, 0.15) is 40.5 Å². The van der Waals surface area contributed by atoms with Crippen LogP contribution in [0.2, 0.25) is 0 Å². The zero-order valence-corrected chi connectivity index (χ0v) is 10.9. The lowest BCUT2D eigenvalue weighted by molar-refractivity contribution is 0.273. The molecule has 1 aliphatic rings. The van der Waals surface area contributed by atoms with Gasteiger partial charge in [-0.05, 0) is 24.8 Å². The summed E-state index contributed by atoms with van der Waals surface area (Å²) < 4.78 is 0. The maximum absolute atomic E-state index is 3.60. The second-order valence-electron chi connectivity index (χ2n) is 5.22. The molecule has 15 heavy (non-hydrogen) atoms. The highest BCUT2D eigenvalue weighted by molar-refractivity contribution is 4.81. The minimum atomic E-state index is 0.706. The largest absolute Gasteiger partial charge is 0.313 e. The average Bonchev–Trinajstić information content (AvgIpc) is 2.47. The van der Waals surface area contributed by atoms with E-state index in [0.29, 0.717) is 6.04 Å². The van der Waals surface area contributed by atoms with Crippen molar-refractivity contribution in [1.82, 2.24) is 10.2 Å². The van der Waals surface area contributed by atoms with Crippen molar-refractivity contribution in [2.45, 2.75) is 46.6 Å². The molecule has 2 nitrogen and oxygen atoms in total. The maximum Gasteiger partial charge on any atom is 0.0194 e. The van der Waals surface area contributed by atoms with Gasteiger partial charge in [-0.1, -0.05) is 34.1 Å². The summed E-state index contributed by atoms with van der Waals surface area (Å²) in [4.78, 5) is 2.64. The summed E-state index contributed by atoms with van der Waals surface area (Å²) in [5.74, 6) is 1.77. The Bertz CT molecular complexity index is 154. The van der Waals surface area contributed by atoms with Gasteiger partial charge in [0.25, 0.3) is 0 Å². The molecule has 0 aliphatic carbocycles. The SMILES string of the molecule is CCCC(CN1CC(C)C(C)C1)NCC. The van der Waals surface area contributed by atoms with Crippen LogP contribution in [-0.2, 0) is 0 Å². The second kappa shape index (κ2) is 6.49. The fourth-order valence-corrected chi connectivity index (χ4v) is 2.60. The van der Waals surface area contributed by atoms with Gasteiger partial charge in [0.05, 0.1) is 0 Å². The van der Waals surface area contributed by atoms with Crippen molar-refractivity contribution in [3.05, 3.63) is 0 Å². The third-order valence-electron chi connectivity index (χ3n) is 3.67. The van der Waals surface area contributed by atoms with Gasteiger partial charge < -0.3 is 10.2 Å². The van der Waals surface area contributed by atoms with E-state index in [1.165, 1.54) is 32.5 Å². The first-order valence-corrected chi connectivity index (χ1v) is 6.63. The zero-order valence-electron chi connectivity index (χ0n) is 10.9. The monoisotopic (exact) mass is 212 g/mol. The van der Waals surface area contributed by atoms with Gasteiger partial charge in [-0.3, -0.25) is 0 Å². The van der Waals surface area contributed by atoms with Crippen LogP contribution in [0.4, 0.5) is 0 Å². The Kier molecular flexibility index (Phi) is 5.62. The van der Waals surface area contributed by atoms with Crippen LogP contribution in [-0.4, -0.2) is 37.1 Å². The lowest BCUT2D eigenvalue weighted by Gasteiger charge is -2.24. The van der Waals surface area contributed by atoms with Crippen LogP contribution < -0.4 is 5.32 Å². The van der Waals surface area contributed by atoms with E-state index in [4.69, 9.17) is 0 Å². The number of nitrogens with one attached hydrogen (secondary N) is 1. The summed E-state index contributed by atoms with van der Waals surface area (Å²) in [7, 11) is 0. The molecule has 0 radical (unpaired) electrons. The normalized spacial score (nSPS) is 29.6. The predicted molar refractivity (Wildman–Crippen MR) is 67.1 cm³/mol. The smallest absolute Gasteiger partial charge is 0.0194 e.